The zero-order valence-corrected chi connectivity index (χ0v) is 13.8. The molecule has 0 aliphatic rings. The fourth-order valence-electron chi connectivity index (χ4n) is 2.31. The molecule has 2 atom stereocenters. The third-order valence-electron chi connectivity index (χ3n) is 4.07. The highest BCUT2D eigenvalue weighted by Crippen LogP contribution is 2.38. The molecule has 2 aromatic rings. The van der Waals surface area contributed by atoms with Crippen LogP contribution in [0.1, 0.15) is 38.9 Å². The second kappa shape index (κ2) is 6.36. The van der Waals surface area contributed by atoms with Crippen LogP contribution in [0.2, 0.25) is 5.02 Å². The summed E-state index contributed by atoms with van der Waals surface area (Å²) in [5.74, 6) is 0. The number of aliphatic hydroxyl groups is 2. The smallest absolute Gasteiger partial charge is 0.137 e. The van der Waals surface area contributed by atoms with Gasteiger partial charge in [-0.25, -0.2) is 4.98 Å². The van der Waals surface area contributed by atoms with Crippen molar-refractivity contribution >= 4 is 11.6 Å². The molecule has 2 N–H and O–H groups in total. The van der Waals surface area contributed by atoms with E-state index in [1.807, 2.05) is 20.8 Å². The first-order valence-corrected chi connectivity index (χ1v) is 7.57. The van der Waals surface area contributed by atoms with E-state index >= 15 is 0 Å². The van der Waals surface area contributed by atoms with Crippen LogP contribution in [0.25, 0.3) is 0 Å². The van der Waals surface area contributed by atoms with Gasteiger partial charge in [0.15, 0.2) is 0 Å². The van der Waals surface area contributed by atoms with Crippen molar-refractivity contribution in [1.29, 1.82) is 0 Å². The summed E-state index contributed by atoms with van der Waals surface area (Å²) in [5, 5.41) is 26.3. The molecule has 1 heterocycles. The summed E-state index contributed by atoms with van der Waals surface area (Å²) in [5.41, 5.74) is -0.850. The second-order valence-electron chi connectivity index (χ2n) is 6.65. The Labute approximate surface area is 135 Å². The average molecular weight is 324 g/mol. The summed E-state index contributed by atoms with van der Waals surface area (Å²) in [6, 6.07) is 7.00. The number of aliphatic hydroxyl groups excluding tert-OH is 1. The minimum absolute atomic E-state index is 0.192. The molecule has 0 saturated carbocycles. The largest absolute Gasteiger partial charge is 0.388 e. The SMILES string of the molecule is CC(C)(C)C(O)(CC(O)c1ccc(Cl)cc1)Cn1cncn1. The van der Waals surface area contributed by atoms with Crippen LogP contribution in [-0.2, 0) is 6.54 Å². The molecule has 6 heteroatoms. The Morgan fingerprint density at radius 3 is 2.36 bits per heavy atom. The lowest BCUT2D eigenvalue weighted by Crippen LogP contribution is -2.47. The van der Waals surface area contributed by atoms with E-state index in [4.69, 9.17) is 11.6 Å². The summed E-state index contributed by atoms with van der Waals surface area (Å²) in [6.07, 6.45) is 2.40. The van der Waals surface area contributed by atoms with E-state index in [0.717, 1.165) is 5.56 Å². The predicted molar refractivity (Wildman–Crippen MR) is 85.5 cm³/mol. The number of hydrogen-bond acceptors (Lipinski definition) is 4. The lowest BCUT2D eigenvalue weighted by atomic mass is 9.72. The Bertz CT molecular complexity index is 593. The first kappa shape index (κ1) is 16.9. The number of aromatic nitrogens is 3. The third kappa shape index (κ3) is 3.85. The average Bonchev–Trinajstić information content (AvgIpc) is 2.90. The van der Waals surface area contributed by atoms with E-state index in [1.165, 1.54) is 6.33 Å². The Kier molecular flexibility index (Phi) is 4.90. The van der Waals surface area contributed by atoms with Gasteiger partial charge in [0.2, 0.25) is 0 Å². The lowest BCUT2D eigenvalue weighted by molar-refractivity contribution is -0.103. The fourth-order valence-corrected chi connectivity index (χ4v) is 2.44. The van der Waals surface area contributed by atoms with Crippen molar-refractivity contribution in [2.45, 2.75) is 45.4 Å². The maximum absolute atomic E-state index is 11.1. The summed E-state index contributed by atoms with van der Waals surface area (Å²) in [4.78, 5) is 3.90. The molecule has 1 aromatic heterocycles. The molecule has 1 aromatic carbocycles. The Hall–Kier alpha value is -1.43. The normalized spacial score (nSPS) is 16.3. The topological polar surface area (TPSA) is 71.2 Å². The maximum Gasteiger partial charge on any atom is 0.137 e. The second-order valence-corrected chi connectivity index (χ2v) is 7.08. The van der Waals surface area contributed by atoms with Crippen molar-refractivity contribution in [3.63, 3.8) is 0 Å². The molecule has 0 aliphatic carbocycles. The molecule has 5 nitrogen and oxygen atoms in total. The lowest BCUT2D eigenvalue weighted by Gasteiger charge is -2.41. The molecule has 2 rings (SSSR count). The zero-order chi connectivity index (χ0) is 16.4. The van der Waals surface area contributed by atoms with Crippen LogP contribution in [0.3, 0.4) is 0 Å². The van der Waals surface area contributed by atoms with Crippen molar-refractivity contribution in [2.75, 3.05) is 0 Å². The quantitative estimate of drug-likeness (QED) is 0.887. The molecule has 22 heavy (non-hydrogen) atoms. The van der Waals surface area contributed by atoms with Gasteiger partial charge in [0, 0.05) is 11.4 Å². The van der Waals surface area contributed by atoms with Gasteiger partial charge in [0.1, 0.15) is 12.7 Å². The standard InChI is InChI=1S/C16H22ClN3O2/c1-15(2,3)16(22,9-20-11-18-10-19-20)8-14(21)12-4-6-13(17)7-5-12/h4-7,10-11,14,21-22H,8-9H2,1-3H3. The van der Waals surface area contributed by atoms with E-state index in [1.54, 1.807) is 35.3 Å². The molecule has 0 saturated heterocycles. The summed E-state index contributed by atoms with van der Waals surface area (Å²) < 4.78 is 1.58. The van der Waals surface area contributed by atoms with E-state index in [0.29, 0.717) is 5.02 Å². The monoisotopic (exact) mass is 323 g/mol. The predicted octanol–water partition coefficient (Wildman–Crippen LogP) is 2.83. The molecule has 0 radical (unpaired) electrons. The van der Waals surface area contributed by atoms with Gasteiger partial charge in [-0.15, -0.1) is 0 Å². The molecular weight excluding hydrogens is 302 g/mol. The molecule has 0 bridgehead atoms. The first-order chi connectivity index (χ1) is 10.2. The van der Waals surface area contributed by atoms with E-state index in [2.05, 4.69) is 10.1 Å². The van der Waals surface area contributed by atoms with Crippen molar-refractivity contribution in [2.24, 2.45) is 5.41 Å². The molecule has 0 aliphatic heterocycles. The van der Waals surface area contributed by atoms with Crippen molar-refractivity contribution < 1.29 is 10.2 Å². The van der Waals surface area contributed by atoms with E-state index < -0.39 is 17.1 Å². The van der Waals surface area contributed by atoms with Crippen LogP contribution >= 0.6 is 11.6 Å². The summed E-state index contributed by atoms with van der Waals surface area (Å²) in [6.45, 7) is 6.09. The minimum Gasteiger partial charge on any atom is -0.388 e. The third-order valence-corrected chi connectivity index (χ3v) is 4.32. The van der Waals surface area contributed by atoms with Crippen LogP contribution in [0.5, 0.6) is 0 Å². The van der Waals surface area contributed by atoms with Gasteiger partial charge in [-0.1, -0.05) is 44.5 Å². The van der Waals surface area contributed by atoms with Crippen LogP contribution < -0.4 is 0 Å². The minimum atomic E-state index is -1.14. The van der Waals surface area contributed by atoms with Gasteiger partial charge in [0.25, 0.3) is 0 Å². The summed E-state index contributed by atoms with van der Waals surface area (Å²) in [7, 11) is 0. The Morgan fingerprint density at radius 2 is 1.86 bits per heavy atom. The number of benzene rings is 1. The Balaban J connectivity index is 2.21. The van der Waals surface area contributed by atoms with Gasteiger partial charge < -0.3 is 10.2 Å². The zero-order valence-electron chi connectivity index (χ0n) is 13.1. The molecule has 0 fully saturated rings. The molecule has 0 spiro atoms. The van der Waals surface area contributed by atoms with Crippen LogP contribution in [0, 0.1) is 5.41 Å². The highest BCUT2D eigenvalue weighted by molar-refractivity contribution is 6.30. The van der Waals surface area contributed by atoms with Crippen LogP contribution in [-0.4, -0.2) is 30.6 Å². The number of halogens is 1. The number of hydrogen-bond donors (Lipinski definition) is 2. The first-order valence-electron chi connectivity index (χ1n) is 7.20. The fraction of sp³-hybridized carbons (Fsp3) is 0.500. The molecule has 2 unspecified atom stereocenters. The van der Waals surface area contributed by atoms with Crippen LogP contribution in [0.4, 0.5) is 0 Å². The summed E-state index contributed by atoms with van der Waals surface area (Å²) >= 11 is 5.87. The number of nitrogens with zero attached hydrogens (tertiary/aromatic N) is 3. The molecular formula is C16H22ClN3O2. The molecule has 120 valence electrons. The van der Waals surface area contributed by atoms with Gasteiger partial charge >= 0.3 is 0 Å². The van der Waals surface area contributed by atoms with Crippen molar-refractivity contribution in [3.05, 3.63) is 47.5 Å². The highest BCUT2D eigenvalue weighted by Gasteiger charge is 2.42. The van der Waals surface area contributed by atoms with E-state index in [9.17, 15) is 10.2 Å². The maximum atomic E-state index is 11.1. The van der Waals surface area contributed by atoms with Gasteiger partial charge in [0.05, 0.1) is 18.2 Å². The highest BCUT2D eigenvalue weighted by atomic mass is 35.5. The Morgan fingerprint density at radius 1 is 1.23 bits per heavy atom. The molecule has 0 amide bonds. The van der Waals surface area contributed by atoms with Crippen molar-refractivity contribution in [3.8, 4) is 0 Å². The number of rotatable bonds is 5. The van der Waals surface area contributed by atoms with E-state index in [-0.39, 0.29) is 13.0 Å². The van der Waals surface area contributed by atoms with Gasteiger partial charge in [-0.2, -0.15) is 5.10 Å². The van der Waals surface area contributed by atoms with Gasteiger partial charge in [-0.05, 0) is 23.1 Å². The van der Waals surface area contributed by atoms with Gasteiger partial charge in [-0.3, -0.25) is 4.68 Å². The van der Waals surface area contributed by atoms with Crippen molar-refractivity contribution in [1.82, 2.24) is 14.8 Å². The van der Waals surface area contributed by atoms with Crippen LogP contribution in [0.15, 0.2) is 36.9 Å².